The molecule has 29 heavy (non-hydrogen) atoms. The number of halogens is 3. The van der Waals surface area contributed by atoms with E-state index in [0.29, 0.717) is 19.2 Å². The van der Waals surface area contributed by atoms with E-state index >= 15 is 0 Å². The van der Waals surface area contributed by atoms with Gasteiger partial charge in [-0.25, -0.2) is 4.84 Å². The summed E-state index contributed by atoms with van der Waals surface area (Å²) in [7, 11) is 3.98. The maximum absolute atomic E-state index is 13.4. The monoisotopic (exact) mass is 439 g/mol. The zero-order valence-corrected chi connectivity index (χ0v) is 18.9. The number of carbonyl (C=O) groups excluding carboxylic acids is 1. The lowest BCUT2D eigenvalue weighted by molar-refractivity contribution is -1.05. The Hall–Kier alpha value is -0.760. The van der Waals surface area contributed by atoms with Crippen LogP contribution in [0.25, 0.3) is 0 Å². The average Bonchev–Trinajstić information content (AvgIpc) is 2.83. The number of ether oxygens (including phenoxy) is 1. The van der Waals surface area contributed by atoms with E-state index in [1.165, 1.54) is 32.8 Å². The number of carbonyl (C=O) groups is 1. The number of hydrogen-bond donors (Lipinski definition) is 1. The number of hydrogen-bond acceptors (Lipinski definition) is 3. The number of quaternary nitrogens is 1. The zero-order chi connectivity index (χ0) is 21.8. The van der Waals surface area contributed by atoms with E-state index in [0.717, 1.165) is 52.1 Å². The van der Waals surface area contributed by atoms with Crippen LogP contribution in [0.3, 0.4) is 0 Å². The highest BCUT2D eigenvalue weighted by atomic mass is 35.5. The van der Waals surface area contributed by atoms with E-state index in [4.69, 9.17) is 16.4 Å². The molecule has 1 atom stereocenters. The number of rotatable bonds is 11. The molecule has 0 spiro atoms. The van der Waals surface area contributed by atoms with Crippen molar-refractivity contribution in [2.45, 2.75) is 76.7 Å². The van der Waals surface area contributed by atoms with Gasteiger partial charge in [-0.3, -0.25) is 4.79 Å². The maximum atomic E-state index is 13.4. The second-order valence-corrected chi connectivity index (χ2v) is 8.37. The molecular weight excluding hydrogens is 402 g/mol. The molecule has 8 heteroatoms. The molecule has 1 unspecified atom stereocenters. The summed E-state index contributed by atoms with van der Waals surface area (Å²) in [6, 6.07) is 0. The lowest BCUT2D eigenvalue weighted by Crippen LogP contribution is -2.42. The van der Waals surface area contributed by atoms with Gasteiger partial charge in [0, 0.05) is 19.6 Å². The van der Waals surface area contributed by atoms with E-state index in [-0.39, 0.29) is 21.6 Å². The lowest BCUT2D eigenvalue weighted by atomic mass is 9.96. The minimum Gasteiger partial charge on any atom is -0.356 e. The fourth-order valence-corrected chi connectivity index (χ4v) is 3.87. The molecule has 1 amide bonds. The fourth-order valence-electron chi connectivity index (χ4n) is 3.59. The van der Waals surface area contributed by atoms with Crippen molar-refractivity contribution in [2.24, 2.45) is 5.92 Å². The fraction of sp³-hybridized carbons (Fsp3) is 0.857. The van der Waals surface area contributed by atoms with Gasteiger partial charge in [-0.05, 0) is 43.7 Å². The van der Waals surface area contributed by atoms with Gasteiger partial charge in [0.05, 0.1) is 13.2 Å². The van der Waals surface area contributed by atoms with Gasteiger partial charge in [0.2, 0.25) is 11.1 Å². The van der Waals surface area contributed by atoms with E-state index in [1.54, 1.807) is 7.05 Å². The lowest BCUT2D eigenvalue weighted by Gasteiger charge is -2.29. The Balaban J connectivity index is 2.33. The number of unbranched alkanes of at least 4 members (excludes halogenated alkanes) is 2. The summed E-state index contributed by atoms with van der Waals surface area (Å²) < 4.78 is 30.6. The molecule has 0 aromatic rings. The number of nitrogens with one attached hydrogen (secondary N) is 1. The summed E-state index contributed by atoms with van der Waals surface area (Å²) in [5.74, 6) is 0.324. The van der Waals surface area contributed by atoms with E-state index in [1.807, 2.05) is 0 Å². The number of hydroxylamine groups is 3. The molecule has 1 N–H and O–H groups in total. The Labute approximate surface area is 179 Å². The van der Waals surface area contributed by atoms with Crippen LogP contribution >= 0.6 is 11.6 Å². The molecule has 1 aliphatic rings. The summed E-state index contributed by atoms with van der Waals surface area (Å²) >= 11 is 6.05. The first-order valence-corrected chi connectivity index (χ1v) is 11.1. The molecule has 0 heterocycles. The van der Waals surface area contributed by atoms with E-state index in [9.17, 15) is 13.6 Å². The third-order valence-electron chi connectivity index (χ3n) is 5.70. The quantitative estimate of drug-likeness (QED) is 0.204. The summed E-state index contributed by atoms with van der Waals surface area (Å²) in [6.45, 7) is 1.08. The van der Waals surface area contributed by atoms with Crippen molar-refractivity contribution < 1.29 is 27.8 Å². The van der Waals surface area contributed by atoms with Crippen LogP contribution in [0.15, 0.2) is 11.2 Å². The molecule has 1 saturated carbocycles. The second-order valence-electron chi connectivity index (χ2n) is 7.99. The van der Waals surface area contributed by atoms with E-state index < -0.39 is 6.11 Å². The molecule has 1 aliphatic carbocycles. The topological polar surface area (TPSA) is 47.6 Å². The number of amides is 1. The van der Waals surface area contributed by atoms with Crippen molar-refractivity contribution in [3.05, 3.63) is 11.2 Å². The predicted octanol–water partition coefficient (Wildman–Crippen LogP) is 5.35. The number of nitrogens with zero attached hydrogens (tertiary/aromatic N) is 1. The molecule has 0 aliphatic heterocycles. The van der Waals surface area contributed by atoms with Crippen molar-refractivity contribution in [1.29, 1.82) is 0 Å². The smallest absolute Gasteiger partial charge is 0.356 e. The van der Waals surface area contributed by atoms with Crippen LogP contribution in [0, 0.1) is 5.92 Å². The minimum absolute atomic E-state index is 0.132. The molecular formula is C21H38ClF2N2O3+. The van der Waals surface area contributed by atoms with Gasteiger partial charge in [-0.15, -0.1) is 4.65 Å². The highest BCUT2D eigenvalue weighted by molar-refractivity contribution is 6.28. The molecule has 0 aromatic carbocycles. The van der Waals surface area contributed by atoms with Crippen LogP contribution in [-0.4, -0.2) is 51.0 Å². The molecule has 5 nitrogen and oxygen atoms in total. The van der Waals surface area contributed by atoms with Crippen LogP contribution in [0.4, 0.5) is 8.78 Å². The first kappa shape index (κ1) is 26.3. The zero-order valence-electron chi connectivity index (χ0n) is 18.2. The predicted molar refractivity (Wildman–Crippen MR) is 111 cm³/mol. The van der Waals surface area contributed by atoms with Gasteiger partial charge in [-0.1, -0.05) is 38.5 Å². The molecule has 170 valence electrons. The maximum Gasteiger partial charge on any atom is 0.383 e. The molecule has 0 radical (unpaired) electrons. The van der Waals surface area contributed by atoms with Crippen LogP contribution in [0.2, 0.25) is 0 Å². The number of alkyl halides is 2. The minimum atomic E-state index is -3.44. The highest BCUT2D eigenvalue weighted by Gasteiger charge is 2.34. The van der Waals surface area contributed by atoms with E-state index in [2.05, 4.69) is 10.1 Å². The van der Waals surface area contributed by atoms with Gasteiger partial charge >= 0.3 is 6.11 Å². The van der Waals surface area contributed by atoms with Crippen LogP contribution in [-0.2, 0) is 14.4 Å². The normalized spacial score (nSPS) is 19.7. The Morgan fingerprint density at radius 2 is 1.69 bits per heavy atom. The first-order valence-electron chi connectivity index (χ1n) is 10.7. The van der Waals surface area contributed by atoms with Crippen LogP contribution < -0.4 is 5.32 Å². The summed E-state index contributed by atoms with van der Waals surface area (Å²) in [4.78, 5) is 17.7. The van der Waals surface area contributed by atoms with Crippen molar-refractivity contribution in [1.82, 2.24) is 5.32 Å². The Morgan fingerprint density at radius 1 is 1.10 bits per heavy atom. The Bertz CT molecular complexity index is 510. The SMILES string of the molecule is COC(F)(F)/C=C(\Cl)[N+](C)(CCCCCNC(=O)C1CCCCCCCC1)OC. The van der Waals surface area contributed by atoms with Gasteiger partial charge in [0.25, 0.3) is 0 Å². The van der Waals surface area contributed by atoms with Crippen molar-refractivity contribution >= 4 is 17.5 Å². The molecule has 1 rings (SSSR count). The van der Waals surface area contributed by atoms with Gasteiger partial charge < -0.3 is 10.1 Å². The molecule has 0 saturated heterocycles. The van der Waals surface area contributed by atoms with Crippen LogP contribution in [0.5, 0.6) is 0 Å². The Kier molecular flexibility index (Phi) is 12.3. The van der Waals surface area contributed by atoms with Crippen molar-refractivity contribution in [2.75, 3.05) is 34.4 Å². The van der Waals surface area contributed by atoms with Crippen molar-refractivity contribution in [3.8, 4) is 0 Å². The van der Waals surface area contributed by atoms with Crippen molar-refractivity contribution in [3.63, 3.8) is 0 Å². The van der Waals surface area contributed by atoms with Gasteiger partial charge in [-0.2, -0.15) is 8.78 Å². The summed E-state index contributed by atoms with van der Waals surface area (Å²) in [5.41, 5.74) is 0. The Morgan fingerprint density at radius 3 is 2.24 bits per heavy atom. The third-order valence-corrected chi connectivity index (χ3v) is 6.17. The average molecular weight is 440 g/mol. The molecule has 0 bridgehead atoms. The summed E-state index contributed by atoms with van der Waals surface area (Å²) in [6.07, 6.45) is 8.83. The standard InChI is InChI=1S/C21H37ClF2N2O3/c1-26(29-3,19(22)17-21(23,24)28-2)16-12-8-11-15-25-20(27)18-13-9-6-4-5-7-10-14-18/h17-18H,4-16H2,1-3H3/p+1/b19-17+. The van der Waals surface area contributed by atoms with Gasteiger partial charge in [0.15, 0.2) is 0 Å². The second kappa shape index (κ2) is 13.5. The van der Waals surface area contributed by atoms with Crippen LogP contribution in [0.1, 0.15) is 70.6 Å². The highest BCUT2D eigenvalue weighted by Crippen LogP contribution is 2.27. The molecule has 1 fully saturated rings. The first-order chi connectivity index (χ1) is 13.7. The summed E-state index contributed by atoms with van der Waals surface area (Å²) in [5, 5.41) is 2.93. The third kappa shape index (κ3) is 10.2. The number of methoxy groups -OCH3 is 1. The van der Waals surface area contributed by atoms with Gasteiger partial charge in [0.1, 0.15) is 13.6 Å². The molecule has 0 aromatic heterocycles. The largest absolute Gasteiger partial charge is 0.383 e.